The van der Waals surface area contributed by atoms with Crippen LogP contribution < -0.4 is 5.32 Å². The summed E-state index contributed by atoms with van der Waals surface area (Å²) in [7, 11) is 1.58. The largest absolute Gasteiger partial charge is 0.472 e. The molecule has 0 aliphatic heterocycles. The van der Waals surface area contributed by atoms with Gasteiger partial charge < -0.3 is 19.8 Å². The van der Waals surface area contributed by atoms with Crippen LogP contribution in [0.15, 0.2) is 24.3 Å². The summed E-state index contributed by atoms with van der Waals surface area (Å²) in [6.45, 7) is 4.87. The second-order valence-corrected chi connectivity index (χ2v) is 29.9. The summed E-state index contributed by atoms with van der Waals surface area (Å²) in [6, 6.07) is -0.862. The zero-order valence-electron chi connectivity index (χ0n) is 59.6. The number of phosphoric acid groups is 1. The number of aliphatic hydroxyl groups excluding tert-OH is 1. The van der Waals surface area contributed by atoms with Crippen molar-refractivity contribution in [2.75, 3.05) is 40.9 Å². The summed E-state index contributed by atoms with van der Waals surface area (Å²) in [5.41, 5.74) is 0. The summed E-state index contributed by atoms with van der Waals surface area (Å²) in [4.78, 5) is 23.5. The number of phosphoric ester groups is 1. The maximum absolute atomic E-state index is 13.1. The third kappa shape index (κ3) is 72.3. The van der Waals surface area contributed by atoms with E-state index in [2.05, 4.69) is 31.3 Å². The van der Waals surface area contributed by atoms with Crippen LogP contribution in [0.4, 0.5) is 0 Å². The summed E-state index contributed by atoms with van der Waals surface area (Å²) in [5, 5.41) is 14.0. The number of nitrogens with one attached hydrogen (secondary N) is 1. The minimum Gasteiger partial charge on any atom is -0.387 e. The Morgan fingerprint density at radius 3 is 0.920 bits per heavy atom. The molecular formula is C78H156N2O6P+. The Kier molecular flexibility index (Phi) is 68.5. The van der Waals surface area contributed by atoms with Crippen molar-refractivity contribution in [2.24, 2.45) is 0 Å². The number of hydrogen-bond acceptors (Lipinski definition) is 5. The molecule has 0 aliphatic rings. The molecule has 0 rings (SSSR count). The average molecular weight is 1250 g/mol. The predicted molar refractivity (Wildman–Crippen MR) is 383 cm³/mol. The van der Waals surface area contributed by atoms with Crippen molar-refractivity contribution in [2.45, 2.75) is 431 Å². The predicted octanol–water partition coefficient (Wildman–Crippen LogP) is 25.4. The highest BCUT2D eigenvalue weighted by molar-refractivity contribution is 7.47. The highest BCUT2D eigenvalue weighted by atomic mass is 31.2. The van der Waals surface area contributed by atoms with Gasteiger partial charge in [-0.3, -0.25) is 13.8 Å². The number of hydrogen-bond donors (Lipinski definition) is 3. The first-order chi connectivity index (χ1) is 42.5. The molecule has 3 unspecified atom stereocenters. The van der Waals surface area contributed by atoms with E-state index >= 15 is 0 Å². The van der Waals surface area contributed by atoms with Gasteiger partial charge >= 0.3 is 7.82 Å². The van der Waals surface area contributed by atoms with Crippen LogP contribution in [0.1, 0.15) is 418 Å². The van der Waals surface area contributed by atoms with E-state index < -0.39 is 20.0 Å². The standard InChI is InChI=1S/C78H155N2O6P/c1-6-8-10-12-14-16-18-20-22-24-26-28-30-32-34-35-36-37-38-39-40-41-42-43-44-45-46-48-50-52-54-56-58-60-62-64-66-68-70-72-78(82)79-76(75-86-87(83,84)85-74-73-80(3,4)5)77(81)71-69-67-65-63-61-59-57-55-53-51-49-47-33-31-29-27-25-23-21-19-17-15-13-11-9-7-2/h61,63,69,71,76-77,81H,6-60,62,64-68,70,72-75H2,1-5H3,(H-,79,82,83,84)/p+1/b63-61+,71-69+. The van der Waals surface area contributed by atoms with Crippen LogP contribution in [0.2, 0.25) is 0 Å². The van der Waals surface area contributed by atoms with E-state index in [0.29, 0.717) is 17.4 Å². The average Bonchev–Trinajstić information content (AvgIpc) is 3.70. The highest BCUT2D eigenvalue weighted by Crippen LogP contribution is 2.43. The summed E-state index contributed by atoms with van der Waals surface area (Å²) in [5.74, 6) is -0.177. The Morgan fingerprint density at radius 1 is 0.379 bits per heavy atom. The van der Waals surface area contributed by atoms with E-state index in [9.17, 15) is 19.4 Å². The SMILES string of the molecule is CCCCCCCCCCCCCCCCCCCCCC/C=C/CC/C=C/C(O)C(COP(=O)(O)OCC[N+](C)(C)C)NC(=O)CCCCCCCCCCCCCCCCCCCCCCCCCCCCCCCCCCCCCCCCC. The number of allylic oxidation sites excluding steroid dienone is 3. The maximum Gasteiger partial charge on any atom is 0.472 e. The lowest BCUT2D eigenvalue weighted by molar-refractivity contribution is -0.870. The maximum atomic E-state index is 13.1. The fourth-order valence-corrected chi connectivity index (χ4v) is 13.1. The van der Waals surface area contributed by atoms with Gasteiger partial charge in [-0.25, -0.2) is 4.57 Å². The first-order valence-electron chi connectivity index (χ1n) is 39.2. The van der Waals surface area contributed by atoms with E-state index in [1.807, 2.05) is 27.2 Å². The molecule has 3 atom stereocenters. The monoisotopic (exact) mass is 1250 g/mol. The number of aliphatic hydroxyl groups is 1. The number of rotatable bonds is 74. The summed E-state index contributed by atoms with van der Waals surface area (Å²) < 4.78 is 23.8. The number of amides is 1. The van der Waals surface area contributed by atoms with Crippen molar-refractivity contribution in [3.63, 3.8) is 0 Å². The molecule has 9 heteroatoms. The van der Waals surface area contributed by atoms with Gasteiger partial charge in [-0.1, -0.05) is 404 Å². The van der Waals surface area contributed by atoms with Crippen LogP contribution in [-0.4, -0.2) is 73.4 Å². The third-order valence-corrected chi connectivity index (χ3v) is 19.4. The van der Waals surface area contributed by atoms with E-state index in [4.69, 9.17) is 9.05 Å². The molecule has 87 heavy (non-hydrogen) atoms. The minimum absolute atomic E-state index is 0.0592. The van der Waals surface area contributed by atoms with Gasteiger partial charge in [0.1, 0.15) is 13.2 Å². The van der Waals surface area contributed by atoms with Gasteiger partial charge in [0.05, 0.1) is 39.9 Å². The Hall–Kier alpha value is -1.02. The van der Waals surface area contributed by atoms with Gasteiger partial charge in [0.2, 0.25) is 5.91 Å². The molecule has 0 spiro atoms. The summed E-state index contributed by atoms with van der Waals surface area (Å²) in [6.07, 6.45) is 92.4. The molecule has 1 amide bonds. The molecule has 0 saturated heterocycles. The Balaban J connectivity index is 3.93. The Morgan fingerprint density at radius 2 is 0.632 bits per heavy atom. The van der Waals surface area contributed by atoms with E-state index in [-0.39, 0.29) is 19.1 Å². The molecule has 518 valence electrons. The molecule has 0 aliphatic carbocycles. The van der Waals surface area contributed by atoms with Crippen molar-refractivity contribution in [3.8, 4) is 0 Å². The van der Waals surface area contributed by atoms with Crippen molar-refractivity contribution >= 4 is 13.7 Å². The molecule has 0 heterocycles. The van der Waals surface area contributed by atoms with Gasteiger partial charge in [0.15, 0.2) is 0 Å². The van der Waals surface area contributed by atoms with Crippen LogP contribution in [0.25, 0.3) is 0 Å². The zero-order chi connectivity index (χ0) is 63.4. The lowest BCUT2D eigenvalue weighted by atomic mass is 10.0. The molecule has 3 N–H and O–H groups in total. The molecular weight excluding hydrogens is 1090 g/mol. The number of carbonyl (C=O) groups is 1. The van der Waals surface area contributed by atoms with Gasteiger partial charge in [-0.15, -0.1) is 0 Å². The Labute approximate surface area is 545 Å². The second-order valence-electron chi connectivity index (χ2n) is 28.4. The number of nitrogens with zero attached hydrogens (tertiary/aromatic N) is 1. The quantitative estimate of drug-likeness (QED) is 0.0243. The van der Waals surface area contributed by atoms with Gasteiger partial charge in [-0.05, 0) is 32.1 Å². The molecule has 0 radical (unpaired) electrons. The van der Waals surface area contributed by atoms with Gasteiger partial charge in [0, 0.05) is 6.42 Å². The second kappa shape index (κ2) is 69.3. The lowest BCUT2D eigenvalue weighted by Crippen LogP contribution is -2.45. The number of quaternary nitrogens is 1. The van der Waals surface area contributed by atoms with Crippen LogP contribution in [0, 0.1) is 0 Å². The minimum atomic E-state index is -4.36. The van der Waals surface area contributed by atoms with E-state index in [1.54, 1.807) is 6.08 Å². The van der Waals surface area contributed by atoms with Crippen LogP contribution in [-0.2, 0) is 18.4 Å². The first kappa shape index (κ1) is 86.0. The first-order valence-corrected chi connectivity index (χ1v) is 40.7. The van der Waals surface area contributed by atoms with Crippen LogP contribution >= 0.6 is 7.82 Å². The van der Waals surface area contributed by atoms with Crippen molar-refractivity contribution < 1.29 is 32.9 Å². The van der Waals surface area contributed by atoms with Gasteiger partial charge in [0.25, 0.3) is 0 Å². The molecule has 0 saturated carbocycles. The number of unbranched alkanes of at least 4 members (excludes halogenated alkanes) is 59. The smallest absolute Gasteiger partial charge is 0.387 e. The fourth-order valence-electron chi connectivity index (χ4n) is 12.4. The molecule has 0 aromatic rings. The van der Waals surface area contributed by atoms with Gasteiger partial charge in [-0.2, -0.15) is 0 Å². The molecule has 0 fully saturated rings. The van der Waals surface area contributed by atoms with Crippen molar-refractivity contribution in [1.82, 2.24) is 5.32 Å². The topological polar surface area (TPSA) is 105 Å². The molecule has 0 bridgehead atoms. The Bertz CT molecular complexity index is 1470. The molecule has 8 nitrogen and oxygen atoms in total. The normalized spacial score (nSPS) is 13.6. The fraction of sp³-hybridized carbons (Fsp3) is 0.936. The lowest BCUT2D eigenvalue weighted by Gasteiger charge is -2.25. The highest BCUT2D eigenvalue weighted by Gasteiger charge is 2.28. The van der Waals surface area contributed by atoms with E-state index in [1.165, 1.54) is 360 Å². The number of likely N-dealkylation sites (N-methyl/N-ethyl adjacent to an activating group) is 1. The van der Waals surface area contributed by atoms with Crippen molar-refractivity contribution in [3.05, 3.63) is 24.3 Å². The number of carbonyl (C=O) groups excluding carboxylic acids is 1. The van der Waals surface area contributed by atoms with E-state index in [0.717, 1.165) is 38.5 Å². The van der Waals surface area contributed by atoms with Crippen LogP contribution in [0.3, 0.4) is 0 Å². The molecule has 0 aromatic carbocycles. The van der Waals surface area contributed by atoms with Crippen molar-refractivity contribution in [1.29, 1.82) is 0 Å². The molecule has 0 aromatic heterocycles. The van der Waals surface area contributed by atoms with Crippen LogP contribution in [0.5, 0.6) is 0 Å². The third-order valence-electron chi connectivity index (χ3n) is 18.4. The zero-order valence-corrected chi connectivity index (χ0v) is 60.4. The summed E-state index contributed by atoms with van der Waals surface area (Å²) >= 11 is 0.